The van der Waals surface area contributed by atoms with Gasteiger partial charge >= 0.3 is 6.03 Å². The highest BCUT2D eigenvalue weighted by molar-refractivity contribution is 9.10. The highest BCUT2D eigenvalue weighted by Gasteiger charge is 2.20. The van der Waals surface area contributed by atoms with E-state index in [0.29, 0.717) is 10.8 Å². The van der Waals surface area contributed by atoms with Gasteiger partial charge in [-0.1, -0.05) is 33.6 Å². The zero-order valence-electron chi connectivity index (χ0n) is 15.7. The fourth-order valence-electron chi connectivity index (χ4n) is 2.86. The van der Waals surface area contributed by atoms with Crippen molar-refractivity contribution in [3.8, 4) is 11.7 Å². The molecular weight excluding hydrogens is 544 g/mol. The maximum absolute atomic E-state index is 12.5. The van der Waals surface area contributed by atoms with Crippen LogP contribution in [0.2, 0.25) is 4.34 Å². The molecular formula is C19H12BrClN4O5S2. The summed E-state index contributed by atoms with van der Waals surface area (Å²) in [5.74, 6) is -0.179. The van der Waals surface area contributed by atoms with Crippen molar-refractivity contribution < 1.29 is 18.3 Å². The van der Waals surface area contributed by atoms with E-state index in [1.54, 1.807) is 18.2 Å². The fourth-order valence-corrected chi connectivity index (χ4v) is 5.61. The van der Waals surface area contributed by atoms with Crippen molar-refractivity contribution >= 4 is 71.4 Å². The summed E-state index contributed by atoms with van der Waals surface area (Å²) in [7, 11) is -4.08. The number of carbonyl (C=O) groups is 1. The van der Waals surface area contributed by atoms with Gasteiger partial charge < -0.3 is 10.4 Å². The van der Waals surface area contributed by atoms with Crippen molar-refractivity contribution in [2.75, 3.05) is 5.32 Å². The van der Waals surface area contributed by atoms with E-state index in [1.165, 1.54) is 36.5 Å². The van der Waals surface area contributed by atoms with E-state index >= 15 is 0 Å². The van der Waals surface area contributed by atoms with Crippen LogP contribution in [-0.4, -0.2) is 29.1 Å². The van der Waals surface area contributed by atoms with Gasteiger partial charge in [-0.15, -0.1) is 11.3 Å². The Labute approximate surface area is 198 Å². The van der Waals surface area contributed by atoms with Crippen molar-refractivity contribution in [2.45, 2.75) is 4.21 Å². The number of thiophene rings is 1. The number of halogens is 2. The van der Waals surface area contributed by atoms with Gasteiger partial charge in [-0.2, -0.15) is 0 Å². The van der Waals surface area contributed by atoms with E-state index in [4.69, 9.17) is 11.6 Å². The number of rotatable bonds is 4. The van der Waals surface area contributed by atoms with Crippen LogP contribution in [0.25, 0.3) is 16.6 Å². The van der Waals surface area contributed by atoms with Gasteiger partial charge in [0.1, 0.15) is 10.0 Å². The first kappa shape index (κ1) is 22.3. The topological polar surface area (TPSA) is 130 Å². The molecule has 0 saturated heterocycles. The number of aromatic hydroxyl groups is 1. The standard InChI is InChI=1S/C19H12BrClN4O5S2/c20-11-2-1-10-7-16(26)25(18(27)13(10)8-11)15-5-3-12(9-22-15)23-19(28)24-32(29,30)17-6-4-14(21)31-17/h1-9,27H,(H2,23,24,28). The molecule has 4 rings (SSSR count). The second kappa shape index (κ2) is 8.54. The SMILES string of the molecule is O=C(Nc1ccc(-n2c(O)c3cc(Br)ccc3cc2=O)nc1)NS(=O)(=O)c1ccc(Cl)s1. The zero-order valence-corrected chi connectivity index (χ0v) is 19.7. The number of amides is 2. The summed E-state index contributed by atoms with van der Waals surface area (Å²) in [5, 5.41) is 14.0. The highest BCUT2D eigenvalue weighted by Crippen LogP contribution is 2.28. The first-order valence-corrected chi connectivity index (χ1v) is 12.2. The Balaban J connectivity index is 1.56. The van der Waals surface area contributed by atoms with Gasteiger partial charge in [0.05, 0.1) is 16.2 Å². The Morgan fingerprint density at radius 1 is 1.16 bits per heavy atom. The number of anilines is 1. The number of hydrogen-bond acceptors (Lipinski definition) is 7. The number of pyridine rings is 2. The van der Waals surface area contributed by atoms with Crippen LogP contribution in [0, 0.1) is 0 Å². The lowest BCUT2D eigenvalue weighted by Crippen LogP contribution is -2.34. The molecule has 2 amide bonds. The van der Waals surface area contributed by atoms with E-state index < -0.39 is 21.6 Å². The second-order valence-electron chi connectivity index (χ2n) is 6.40. The van der Waals surface area contributed by atoms with Crippen LogP contribution in [0.3, 0.4) is 0 Å². The summed E-state index contributed by atoms with van der Waals surface area (Å²) in [6, 6.07) is 11.0. The number of aromatic nitrogens is 2. The number of fused-ring (bicyclic) bond motifs is 1. The number of nitrogens with zero attached hydrogens (tertiary/aromatic N) is 2. The summed E-state index contributed by atoms with van der Waals surface area (Å²) in [5.41, 5.74) is -0.328. The number of hydrogen-bond donors (Lipinski definition) is 3. The molecule has 0 radical (unpaired) electrons. The third-order valence-corrected chi connectivity index (χ3v) is 7.79. The van der Waals surface area contributed by atoms with Gasteiger partial charge in [0.25, 0.3) is 15.6 Å². The third kappa shape index (κ3) is 4.48. The average molecular weight is 556 g/mol. The average Bonchev–Trinajstić information content (AvgIpc) is 3.17. The summed E-state index contributed by atoms with van der Waals surface area (Å²) >= 11 is 9.87. The van der Waals surface area contributed by atoms with E-state index in [9.17, 15) is 23.1 Å². The lowest BCUT2D eigenvalue weighted by molar-refractivity contribution is 0.256. The third-order valence-electron chi connectivity index (χ3n) is 4.24. The smallest absolute Gasteiger partial charge is 0.333 e. The van der Waals surface area contributed by atoms with Crippen LogP contribution in [0.4, 0.5) is 10.5 Å². The van der Waals surface area contributed by atoms with E-state index in [1.807, 2.05) is 4.72 Å². The predicted molar refractivity (Wildman–Crippen MR) is 125 cm³/mol. The summed E-state index contributed by atoms with van der Waals surface area (Å²) in [6.07, 6.45) is 1.22. The molecule has 0 aliphatic rings. The molecule has 9 nitrogen and oxygen atoms in total. The van der Waals surface area contributed by atoms with E-state index in [-0.39, 0.29) is 25.9 Å². The Bertz CT molecular complexity index is 1520. The van der Waals surface area contributed by atoms with Gasteiger partial charge in [-0.3, -0.25) is 4.79 Å². The monoisotopic (exact) mass is 554 g/mol. The Hall–Kier alpha value is -2.93. The van der Waals surface area contributed by atoms with E-state index in [0.717, 1.165) is 20.4 Å². The van der Waals surface area contributed by atoms with Crippen LogP contribution < -0.4 is 15.6 Å². The Morgan fingerprint density at radius 3 is 2.59 bits per heavy atom. The molecule has 0 fully saturated rings. The summed E-state index contributed by atoms with van der Waals surface area (Å²) in [6.45, 7) is 0. The predicted octanol–water partition coefficient (Wildman–Crippen LogP) is 4.08. The molecule has 4 aromatic rings. The van der Waals surface area contributed by atoms with Crippen molar-refractivity contribution in [1.82, 2.24) is 14.3 Å². The second-order valence-corrected chi connectivity index (χ2v) is 10.9. The number of urea groups is 1. The number of benzene rings is 1. The molecule has 0 aliphatic carbocycles. The van der Waals surface area contributed by atoms with Crippen molar-refractivity contribution in [3.63, 3.8) is 0 Å². The fraction of sp³-hybridized carbons (Fsp3) is 0. The van der Waals surface area contributed by atoms with Crippen molar-refractivity contribution in [1.29, 1.82) is 0 Å². The molecule has 3 heterocycles. The molecule has 1 aromatic carbocycles. The molecule has 0 atom stereocenters. The van der Waals surface area contributed by atoms with Crippen LogP contribution >= 0.6 is 38.9 Å². The van der Waals surface area contributed by atoms with Crippen LogP contribution in [0.5, 0.6) is 5.88 Å². The summed E-state index contributed by atoms with van der Waals surface area (Å²) in [4.78, 5) is 28.7. The molecule has 0 bridgehead atoms. The molecule has 164 valence electrons. The van der Waals surface area contributed by atoms with Crippen LogP contribution in [0.1, 0.15) is 0 Å². The number of nitrogens with one attached hydrogen (secondary N) is 2. The number of sulfonamides is 1. The zero-order chi connectivity index (χ0) is 23.0. The first-order valence-electron chi connectivity index (χ1n) is 8.74. The van der Waals surface area contributed by atoms with E-state index in [2.05, 4.69) is 26.2 Å². The molecule has 3 N–H and O–H groups in total. The minimum absolute atomic E-state index is 0.107. The maximum atomic E-state index is 12.5. The molecule has 13 heteroatoms. The minimum atomic E-state index is -4.08. The highest BCUT2D eigenvalue weighted by atomic mass is 79.9. The molecule has 0 saturated carbocycles. The van der Waals surface area contributed by atoms with Crippen molar-refractivity contribution in [2.24, 2.45) is 0 Å². The summed E-state index contributed by atoms with van der Waals surface area (Å²) < 4.78 is 28.1. The van der Waals surface area contributed by atoms with Gasteiger partial charge in [0, 0.05) is 15.9 Å². The molecule has 0 aliphatic heterocycles. The van der Waals surface area contributed by atoms with Gasteiger partial charge in [0.2, 0.25) is 5.88 Å². The maximum Gasteiger partial charge on any atom is 0.333 e. The molecule has 0 spiro atoms. The Kier molecular flexibility index (Phi) is 5.95. The normalized spacial score (nSPS) is 11.4. The quantitative estimate of drug-likeness (QED) is 0.348. The minimum Gasteiger partial charge on any atom is -0.494 e. The number of carbonyl (C=O) groups excluding carboxylic acids is 1. The van der Waals surface area contributed by atoms with Crippen LogP contribution in [0.15, 0.2) is 68.2 Å². The van der Waals surface area contributed by atoms with Gasteiger partial charge in [-0.25, -0.2) is 27.5 Å². The largest absolute Gasteiger partial charge is 0.494 e. The van der Waals surface area contributed by atoms with Gasteiger partial charge in [-0.05, 0) is 41.8 Å². The van der Waals surface area contributed by atoms with Gasteiger partial charge in [0.15, 0.2) is 0 Å². The van der Waals surface area contributed by atoms with Crippen molar-refractivity contribution in [3.05, 3.63) is 73.9 Å². The molecule has 32 heavy (non-hydrogen) atoms. The van der Waals surface area contributed by atoms with Crippen LogP contribution in [-0.2, 0) is 10.0 Å². The molecule has 3 aromatic heterocycles. The lowest BCUT2D eigenvalue weighted by atomic mass is 10.1. The first-order chi connectivity index (χ1) is 15.1. The Morgan fingerprint density at radius 2 is 1.94 bits per heavy atom. The lowest BCUT2D eigenvalue weighted by Gasteiger charge is -2.11. The molecule has 0 unspecified atom stereocenters.